The summed E-state index contributed by atoms with van der Waals surface area (Å²) in [5, 5.41) is 0. The van der Waals surface area contributed by atoms with Gasteiger partial charge in [0, 0.05) is 11.5 Å². The van der Waals surface area contributed by atoms with Gasteiger partial charge in [0.05, 0.1) is 18.6 Å². The number of rotatable bonds is 5. The molecule has 0 N–H and O–H groups in total. The highest BCUT2D eigenvalue weighted by molar-refractivity contribution is 5.78. The summed E-state index contributed by atoms with van der Waals surface area (Å²) in [6, 6.07) is 7.97. The minimum Gasteiger partial charge on any atom is -0.493 e. The van der Waals surface area contributed by atoms with Crippen molar-refractivity contribution >= 4 is 5.97 Å². The van der Waals surface area contributed by atoms with E-state index in [0.717, 1.165) is 5.75 Å². The molecule has 0 fully saturated rings. The summed E-state index contributed by atoms with van der Waals surface area (Å²) in [7, 11) is 0. The molecule has 0 radical (unpaired) electrons. The zero-order chi connectivity index (χ0) is 13.9. The Bertz CT molecular complexity index is 481. The van der Waals surface area contributed by atoms with Gasteiger partial charge in [0.1, 0.15) is 5.75 Å². The first-order valence-corrected chi connectivity index (χ1v) is 6.63. The van der Waals surface area contributed by atoms with E-state index in [4.69, 9.17) is 9.47 Å². The van der Waals surface area contributed by atoms with Crippen molar-refractivity contribution in [3.8, 4) is 5.75 Å². The molecule has 2 rings (SSSR count). The van der Waals surface area contributed by atoms with Gasteiger partial charge in [-0.15, -0.1) is 6.58 Å². The topological polar surface area (TPSA) is 35.5 Å². The van der Waals surface area contributed by atoms with Crippen molar-refractivity contribution in [3.05, 3.63) is 42.5 Å². The SMILES string of the molecule is C=CC(C)(CC1COc2ccccc21)C(=O)OCC. The van der Waals surface area contributed by atoms with E-state index in [2.05, 4.69) is 12.6 Å². The van der Waals surface area contributed by atoms with Crippen LogP contribution in [0.4, 0.5) is 0 Å². The molecule has 3 nitrogen and oxygen atoms in total. The Morgan fingerprint density at radius 2 is 2.32 bits per heavy atom. The summed E-state index contributed by atoms with van der Waals surface area (Å²) < 4.78 is 10.8. The van der Waals surface area contributed by atoms with E-state index in [1.165, 1.54) is 5.56 Å². The number of benzene rings is 1. The Hall–Kier alpha value is -1.77. The van der Waals surface area contributed by atoms with E-state index in [0.29, 0.717) is 19.6 Å². The largest absolute Gasteiger partial charge is 0.493 e. The normalized spacial score (nSPS) is 20.0. The monoisotopic (exact) mass is 260 g/mol. The maximum absolute atomic E-state index is 12.1. The Labute approximate surface area is 114 Å². The van der Waals surface area contributed by atoms with Crippen molar-refractivity contribution in [1.29, 1.82) is 0 Å². The third-order valence-electron chi connectivity index (χ3n) is 3.66. The fourth-order valence-electron chi connectivity index (χ4n) is 2.46. The fraction of sp³-hybridized carbons (Fsp3) is 0.438. The minimum absolute atomic E-state index is 0.212. The van der Waals surface area contributed by atoms with Crippen molar-refractivity contribution in [2.24, 2.45) is 5.41 Å². The lowest BCUT2D eigenvalue weighted by Gasteiger charge is -2.26. The highest BCUT2D eigenvalue weighted by Crippen LogP contribution is 2.41. The van der Waals surface area contributed by atoms with Crippen molar-refractivity contribution < 1.29 is 14.3 Å². The van der Waals surface area contributed by atoms with Gasteiger partial charge in [-0.1, -0.05) is 24.3 Å². The van der Waals surface area contributed by atoms with Crippen molar-refractivity contribution in [1.82, 2.24) is 0 Å². The number of fused-ring (bicyclic) bond motifs is 1. The highest BCUT2D eigenvalue weighted by atomic mass is 16.5. The Morgan fingerprint density at radius 3 is 3.00 bits per heavy atom. The van der Waals surface area contributed by atoms with Crippen LogP contribution in [0.15, 0.2) is 36.9 Å². The molecule has 2 unspecified atom stereocenters. The Morgan fingerprint density at radius 1 is 1.58 bits per heavy atom. The van der Waals surface area contributed by atoms with Crippen LogP contribution in [0.25, 0.3) is 0 Å². The van der Waals surface area contributed by atoms with Crippen molar-refractivity contribution in [2.75, 3.05) is 13.2 Å². The number of hydrogen-bond acceptors (Lipinski definition) is 3. The van der Waals surface area contributed by atoms with E-state index in [1.54, 1.807) is 6.08 Å². The predicted octanol–water partition coefficient (Wildman–Crippen LogP) is 3.31. The van der Waals surface area contributed by atoms with Gasteiger partial charge in [-0.05, 0) is 26.3 Å². The number of esters is 1. The molecule has 1 aliphatic rings. The molecule has 1 aliphatic heterocycles. The van der Waals surface area contributed by atoms with Crippen LogP contribution < -0.4 is 4.74 Å². The first-order valence-electron chi connectivity index (χ1n) is 6.63. The van der Waals surface area contributed by atoms with E-state index >= 15 is 0 Å². The van der Waals surface area contributed by atoms with Gasteiger partial charge < -0.3 is 9.47 Å². The summed E-state index contributed by atoms with van der Waals surface area (Å²) in [6.07, 6.45) is 2.35. The summed E-state index contributed by atoms with van der Waals surface area (Å²) in [5.41, 5.74) is 0.501. The summed E-state index contributed by atoms with van der Waals surface area (Å²) in [6.45, 7) is 8.48. The number of ether oxygens (including phenoxy) is 2. The number of carbonyl (C=O) groups excluding carboxylic acids is 1. The van der Waals surface area contributed by atoms with Gasteiger partial charge in [-0.2, -0.15) is 0 Å². The van der Waals surface area contributed by atoms with Crippen LogP contribution in [-0.4, -0.2) is 19.2 Å². The van der Waals surface area contributed by atoms with E-state index in [9.17, 15) is 4.79 Å². The molecule has 1 aromatic carbocycles. The van der Waals surface area contributed by atoms with Crippen LogP contribution in [-0.2, 0) is 9.53 Å². The average molecular weight is 260 g/mol. The smallest absolute Gasteiger partial charge is 0.315 e. The lowest BCUT2D eigenvalue weighted by molar-refractivity contribution is -0.152. The molecule has 102 valence electrons. The molecule has 3 heteroatoms. The molecule has 0 saturated carbocycles. The second-order valence-electron chi connectivity index (χ2n) is 5.09. The zero-order valence-corrected chi connectivity index (χ0v) is 11.5. The van der Waals surface area contributed by atoms with Gasteiger partial charge in [-0.25, -0.2) is 0 Å². The molecule has 1 aromatic rings. The predicted molar refractivity (Wildman–Crippen MR) is 74.2 cm³/mol. The molecule has 19 heavy (non-hydrogen) atoms. The van der Waals surface area contributed by atoms with E-state index < -0.39 is 5.41 Å². The second-order valence-corrected chi connectivity index (χ2v) is 5.09. The molecule has 0 amide bonds. The quantitative estimate of drug-likeness (QED) is 0.602. The first kappa shape index (κ1) is 13.7. The van der Waals surface area contributed by atoms with Crippen LogP contribution >= 0.6 is 0 Å². The summed E-state index contributed by atoms with van der Waals surface area (Å²) >= 11 is 0. The first-order chi connectivity index (χ1) is 9.10. The molecule has 0 aliphatic carbocycles. The van der Waals surface area contributed by atoms with Crippen molar-refractivity contribution in [2.45, 2.75) is 26.2 Å². The van der Waals surface area contributed by atoms with Gasteiger partial charge in [-0.3, -0.25) is 4.79 Å². The van der Waals surface area contributed by atoms with E-state index in [1.807, 2.05) is 32.0 Å². The fourth-order valence-corrected chi connectivity index (χ4v) is 2.46. The standard InChI is InChI=1S/C16H20O3/c1-4-16(3,15(17)18-5-2)10-12-11-19-14-9-7-6-8-13(12)14/h4,6-9,12H,1,5,10-11H2,2-3H3. The molecule has 0 saturated heterocycles. The molecule has 0 aromatic heterocycles. The summed E-state index contributed by atoms with van der Waals surface area (Å²) in [5.74, 6) is 0.917. The molecular weight excluding hydrogens is 240 g/mol. The number of carbonyl (C=O) groups is 1. The van der Waals surface area contributed by atoms with Gasteiger partial charge in [0.25, 0.3) is 0 Å². The van der Waals surface area contributed by atoms with Crippen molar-refractivity contribution in [3.63, 3.8) is 0 Å². The summed E-state index contributed by atoms with van der Waals surface area (Å²) in [4.78, 5) is 12.1. The highest BCUT2D eigenvalue weighted by Gasteiger charge is 2.37. The second kappa shape index (κ2) is 5.47. The van der Waals surface area contributed by atoms with Gasteiger partial charge in [0.2, 0.25) is 0 Å². The molecule has 0 spiro atoms. The molecule has 1 heterocycles. The lowest BCUT2D eigenvalue weighted by atomic mass is 9.79. The molecule has 0 bridgehead atoms. The maximum Gasteiger partial charge on any atom is 0.315 e. The zero-order valence-electron chi connectivity index (χ0n) is 11.5. The Kier molecular flexibility index (Phi) is 3.93. The molecular formula is C16H20O3. The van der Waals surface area contributed by atoms with Crippen LogP contribution in [0.3, 0.4) is 0 Å². The van der Waals surface area contributed by atoms with Crippen LogP contribution in [0.1, 0.15) is 31.7 Å². The lowest BCUT2D eigenvalue weighted by Crippen LogP contribution is -2.30. The van der Waals surface area contributed by atoms with Gasteiger partial charge >= 0.3 is 5.97 Å². The molecule has 2 atom stereocenters. The maximum atomic E-state index is 12.1. The van der Waals surface area contributed by atoms with E-state index in [-0.39, 0.29) is 11.9 Å². The third kappa shape index (κ3) is 2.65. The van der Waals surface area contributed by atoms with Gasteiger partial charge in [0.15, 0.2) is 0 Å². The van der Waals surface area contributed by atoms with Crippen LogP contribution in [0, 0.1) is 5.41 Å². The number of hydrogen-bond donors (Lipinski definition) is 0. The van der Waals surface area contributed by atoms with Crippen LogP contribution in [0.5, 0.6) is 5.75 Å². The van der Waals surface area contributed by atoms with Crippen LogP contribution in [0.2, 0.25) is 0 Å². The Balaban J connectivity index is 2.16. The average Bonchev–Trinajstić information content (AvgIpc) is 2.82. The third-order valence-corrected chi connectivity index (χ3v) is 3.66. The number of para-hydroxylation sites is 1. The minimum atomic E-state index is -0.665.